The standard InChI is InChI=1S/C15H22FNO2/c1-11-4-5-13(16)6-12(11)7-17-8-14(9-18)19-15(2,3)10-17/h4-6,14,18H,7-10H2,1-3H3. The molecular formula is C15H22FNO2. The molecule has 0 aliphatic carbocycles. The first-order valence-corrected chi connectivity index (χ1v) is 6.66. The molecule has 106 valence electrons. The topological polar surface area (TPSA) is 32.7 Å². The first-order chi connectivity index (χ1) is 8.89. The summed E-state index contributed by atoms with van der Waals surface area (Å²) in [6, 6.07) is 4.88. The van der Waals surface area contributed by atoms with Crippen molar-refractivity contribution < 1.29 is 14.2 Å². The predicted molar refractivity (Wildman–Crippen MR) is 72.5 cm³/mol. The van der Waals surface area contributed by atoms with E-state index in [1.165, 1.54) is 6.07 Å². The van der Waals surface area contributed by atoms with Gasteiger partial charge in [-0.25, -0.2) is 4.39 Å². The predicted octanol–water partition coefficient (Wildman–Crippen LogP) is 2.11. The molecule has 3 nitrogen and oxygen atoms in total. The Bertz CT molecular complexity index is 448. The summed E-state index contributed by atoms with van der Waals surface area (Å²) in [6.07, 6.45) is -0.169. The van der Waals surface area contributed by atoms with Crippen molar-refractivity contribution in [1.82, 2.24) is 4.90 Å². The van der Waals surface area contributed by atoms with Gasteiger partial charge in [0.2, 0.25) is 0 Å². The molecule has 0 amide bonds. The van der Waals surface area contributed by atoms with Gasteiger partial charge in [-0.1, -0.05) is 6.07 Å². The maximum Gasteiger partial charge on any atom is 0.123 e. The lowest BCUT2D eigenvalue weighted by atomic mass is 10.0. The number of rotatable bonds is 3. The van der Waals surface area contributed by atoms with Gasteiger partial charge in [0.25, 0.3) is 0 Å². The van der Waals surface area contributed by atoms with Gasteiger partial charge in [-0.05, 0) is 44.0 Å². The lowest BCUT2D eigenvalue weighted by Crippen LogP contribution is -2.53. The molecule has 1 fully saturated rings. The third-order valence-corrected chi connectivity index (χ3v) is 3.46. The van der Waals surface area contributed by atoms with Gasteiger partial charge in [0.1, 0.15) is 5.82 Å². The smallest absolute Gasteiger partial charge is 0.123 e. The molecule has 2 rings (SSSR count). The molecule has 0 spiro atoms. The molecule has 1 aliphatic heterocycles. The van der Waals surface area contributed by atoms with Gasteiger partial charge in [-0.15, -0.1) is 0 Å². The number of halogens is 1. The lowest BCUT2D eigenvalue weighted by Gasteiger charge is -2.42. The second-order valence-corrected chi connectivity index (χ2v) is 5.92. The molecule has 0 radical (unpaired) electrons. The number of nitrogens with zero attached hydrogens (tertiary/aromatic N) is 1. The Hall–Kier alpha value is -0.970. The minimum absolute atomic E-state index is 0.0159. The Morgan fingerprint density at radius 1 is 1.47 bits per heavy atom. The van der Waals surface area contributed by atoms with Crippen LogP contribution in [-0.4, -0.2) is 41.4 Å². The lowest BCUT2D eigenvalue weighted by molar-refractivity contribution is -0.150. The van der Waals surface area contributed by atoms with Crippen LogP contribution in [0.5, 0.6) is 0 Å². The van der Waals surface area contributed by atoms with Gasteiger partial charge in [0.15, 0.2) is 0 Å². The fourth-order valence-corrected chi connectivity index (χ4v) is 2.68. The Morgan fingerprint density at radius 3 is 2.89 bits per heavy atom. The van der Waals surface area contributed by atoms with Crippen LogP contribution < -0.4 is 0 Å². The summed E-state index contributed by atoms with van der Waals surface area (Å²) in [5.74, 6) is -0.202. The molecule has 19 heavy (non-hydrogen) atoms. The van der Waals surface area contributed by atoms with Gasteiger partial charge >= 0.3 is 0 Å². The third kappa shape index (κ3) is 3.75. The molecule has 1 heterocycles. The van der Waals surface area contributed by atoms with Crippen LogP contribution in [0.2, 0.25) is 0 Å². The zero-order valence-electron chi connectivity index (χ0n) is 11.8. The Morgan fingerprint density at radius 2 is 2.21 bits per heavy atom. The molecule has 1 aliphatic rings. The van der Waals surface area contributed by atoms with Gasteiger partial charge < -0.3 is 9.84 Å². The SMILES string of the molecule is Cc1ccc(F)cc1CN1CC(CO)OC(C)(C)C1. The normalized spacial score (nSPS) is 23.5. The van der Waals surface area contributed by atoms with Crippen molar-refractivity contribution in [2.45, 2.75) is 39.0 Å². The molecule has 4 heteroatoms. The van der Waals surface area contributed by atoms with Crippen molar-refractivity contribution in [3.8, 4) is 0 Å². The maximum absolute atomic E-state index is 13.3. The fraction of sp³-hybridized carbons (Fsp3) is 0.600. The molecule has 1 saturated heterocycles. The highest BCUT2D eigenvalue weighted by atomic mass is 19.1. The number of aliphatic hydroxyl groups is 1. The van der Waals surface area contributed by atoms with Crippen molar-refractivity contribution in [2.75, 3.05) is 19.7 Å². The molecule has 0 aromatic heterocycles. The van der Waals surface area contributed by atoms with Crippen LogP contribution in [0.25, 0.3) is 0 Å². The van der Waals surface area contributed by atoms with Crippen LogP contribution in [0, 0.1) is 12.7 Å². The minimum Gasteiger partial charge on any atom is -0.394 e. The summed E-state index contributed by atoms with van der Waals surface area (Å²) < 4.78 is 19.1. The Labute approximate surface area is 114 Å². The van der Waals surface area contributed by atoms with E-state index in [1.807, 2.05) is 20.8 Å². The molecule has 1 aromatic rings. The van der Waals surface area contributed by atoms with Crippen molar-refractivity contribution in [2.24, 2.45) is 0 Å². The highest BCUT2D eigenvalue weighted by Gasteiger charge is 2.33. The molecule has 1 aromatic carbocycles. The maximum atomic E-state index is 13.3. The molecule has 0 saturated carbocycles. The molecule has 1 N–H and O–H groups in total. The summed E-state index contributed by atoms with van der Waals surface area (Å²) in [4.78, 5) is 2.21. The van der Waals surface area contributed by atoms with Crippen LogP contribution in [0.1, 0.15) is 25.0 Å². The summed E-state index contributed by atoms with van der Waals surface area (Å²) in [5.41, 5.74) is 1.80. The van der Waals surface area contributed by atoms with Crippen LogP contribution in [0.15, 0.2) is 18.2 Å². The number of hydrogen-bond acceptors (Lipinski definition) is 3. The fourth-order valence-electron chi connectivity index (χ4n) is 2.68. The Balaban J connectivity index is 2.11. The highest BCUT2D eigenvalue weighted by Crippen LogP contribution is 2.23. The van der Waals surface area contributed by atoms with Crippen molar-refractivity contribution in [3.05, 3.63) is 35.1 Å². The van der Waals surface area contributed by atoms with E-state index < -0.39 is 0 Å². The first-order valence-electron chi connectivity index (χ1n) is 6.66. The van der Waals surface area contributed by atoms with Gasteiger partial charge in [-0.3, -0.25) is 4.90 Å². The second kappa shape index (κ2) is 5.57. The van der Waals surface area contributed by atoms with Crippen molar-refractivity contribution in [3.63, 3.8) is 0 Å². The number of morpholine rings is 1. The summed E-state index contributed by atoms with van der Waals surface area (Å²) in [7, 11) is 0. The minimum atomic E-state index is -0.285. The molecule has 0 bridgehead atoms. The monoisotopic (exact) mass is 267 g/mol. The largest absolute Gasteiger partial charge is 0.394 e. The second-order valence-electron chi connectivity index (χ2n) is 5.92. The van der Waals surface area contributed by atoms with Crippen LogP contribution in [-0.2, 0) is 11.3 Å². The Kier molecular flexibility index (Phi) is 4.23. The number of aryl methyl sites for hydroxylation is 1. The van der Waals surface area contributed by atoms with Crippen LogP contribution in [0.4, 0.5) is 4.39 Å². The van der Waals surface area contributed by atoms with Gasteiger partial charge in [0.05, 0.1) is 18.3 Å². The average Bonchev–Trinajstić information content (AvgIpc) is 2.32. The van der Waals surface area contributed by atoms with Crippen LogP contribution in [0.3, 0.4) is 0 Å². The summed E-state index contributed by atoms with van der Waals surface area (Å²) in [5, 5.41) is 9.29. The third-order valence-electron chi connectivity index (χ3n) is 3.46. The molecule has 1 atom stereocenters. The molecular weight excluding hydrogens is 245 g/mol. The number of benzene rings is 1. The zero-order valence-corrected chi connectivity index (χ0v) is 11.8. The van der Waals surface area contributed by atoms with Crippen LogP contribution >= 0.6 is 0 Å². The molecule has 1 unspecified atom stereocenters. The van der Waals surface area contributed by atoms with Gasteiger partial charge in [-0.2, -0.15) is 0 Å². The van der Waals surface area contributed by atoms with Crippen molar-refractivity contribution >= 4 is 0 Å². The zero-order chi connectivity index (χ0) is 14.0. The summed E-state index contributed by atoms with van der Waals surface area (Å²) in [6.45, 7) is 8.18. The number of hydrogen-bond donors (Lipinski definition) is 1. The quantitative estimate of drug-likeness (QED) is 0.910. The summed E-state index contributed by atoms with van der Waals surface area (Å²) >= 11 is 0. The van der Waals surface area contributed by atoms with E-state index in [2.05, 4.69) is 4.90 Å². The number of aliphatic hydroxyl groups excluding tert-OH is 1. The van der Waals surface area contributed by atoms with E-state index >= 15 is 0 Å². The highest BCUT2D eigenvalue weighted by molar-refractivity contribution is 5.26. The van der Waals surface area contributed by atoms with Crippen molar-refractivity contribution in [1.29, 1.82) is 0 Å². The van der Waals surface area contributed by atoms with E-state index in [-0.39, 0.29) is 24.1 Å². The average molecular weight is 267 g/mol. The van der Waals surface area contributed by atoms with E-state index in [9.17, 15) is 9.50 Å². The van der Waals surface area contributed by atoms with E-state index in [1.54, 1.807) is 12.1 Å². The van der Waals surface area contributed by atoms with E-state index in [0.717, 1.165) is 17.7 Å². The first kappa shape index (κ1) is 14.4. The number of ether oxygens (including phenoxy) is 1. The van der Waals surface area contributed by atoms with E-state index in [0.29, 0.717) is 13.1 Å². The van der Waals surface area contributed by atoms with Gasteiger partial charge in [0, 0.05) is 19.6 Å². The van der Waals surface area contributed by atoms with E-state index in [4.69, 9.17) is 4.74 Å².